The molecule has 144 valence electrons. The highest BCUT2D eigenvalue weighted by Gasteiger charge is 2.54. The number of halogens is 3. The fourth-order valence-corrected chi connectivity index (χ4v) is 4.36. The van der Waals surface area contributed by atoms with Crippen LogP contribution in [0.2, 0.25) is 0 Å². The minimum atomic E-state index is -4.42. The van der Waals surface area contributed by atoms with Gasteiger partial charge in [0.2, 0.25) is 0 Å². The van der Waals surface area contributed by atoms with Gasteiger partial charge in [-0.2, -0.15) is 13.2 Å². The zero-order chi connectivity index (χ0) is 18.8. The summed E-state index contributed by atoms with van der Waals surface area (Å²) in [6.45, 7) is 2.37. The van der Waals surface area contributed by atoms with Crippen molar-refractivity contribution < 1.29 is 27.8 Å². The van der Waals surface area contributed by atoms with Gasteiger partial charge in [-0.05, 0) is 50.3 Å². The van der Waals surface area contributed by atoms with Crippen molar-refractivity contribution >= 4 is 5.97 Å². The zero-order valence-corrected chi connectivity index (χ0v) is 14.6. The van der Waals surface area contributed by atoms with Crippen molar-refractivity contribution in [2.45, 2.75) is 38.3 Å². The van der Waals surface area contributed by atoms with Crippen molar-refractivity contribution in [2.75, 3.05) is 26.2 Å². The number of para-hydroxylation sites is 1. The van der Waals surface area contributed by atoms with Crippen LogP contribution in [0.4, 0.5) is 13.2 Å². The normalized spacial score (nSPS) is 26.0. The number of unbranched alkanes of at least 4 members (excludes halogenated alkanes) is 1. The lowest BCUT2D eigenvalue weighted by Crippen LogP contribution is -2.35. The number of hydrogen-bond donors (Lipinski definition) is 1. The predicted molar refractivity (Wildman–Crippen MR) is 90.0 cm³/mol. The SMILES string of the molecule is O=C(O)[C@@]12CCC[C@H]1CN(CCCCOc1ccccc1C(F)(F)F)C2. The molecule has 7 heteroatoms. The van der Waals surface area contributed by atoms with Gasteiger partial charge in [0.05, 0.1) is 17.6 Å². The van der Waals surface area contributed by atoms with Gasteiger partial charge in [-0.1, -0.05) is 18.6 Å². The number of rotatable bonds is 7. The molecule has 1 aliphatic carbocycles. The quantitative estimate of drug-likeness (QED) is 0.735. The van der Waals surface area contributed by atoms with Crippen LogP contribution in [0.25, 0.3) is 0 Å². The molecule has 2 fully saturated rings. The van der Waals surface area contributed by atoms with E-state index < -0.39 is 23.1 Å². The Morgan fingerprint density at radius 3 is 2.77 bits per heavy atom. The Morgan fingerprint density at radius 1 is 1.31 bits per heavy atom. The first kappa shape index (κ1) is 19.0. The van der Waals surface area contributed by atoms with E-state index in [0.29, 0.717) is 13.0 Å². The maximum absolute atomic E-state index is 12.9. The Morgan fingerprint density at radius 2 is 2.08 bits per heavy atom. The van der Waals surface area contributed by atoms with E-state index in [2.05, 4.69) is 4.90 Å². The molecule has 2 atom stereocenters. The van der Waals surface area contributed by atoms with Gasteiger partial charge in [0.15, 0.2) is 0 Å². The molecule has 1 N–H and O–H groups in total. The Bertz CT molecular complexity index is 649. The molecular weight excluding hydrogens is 347 g/mol. The summed E-state index contributed by atoms with van der Waals surface area (Å²) in [6, 6.07) is 5.22. The molecule has 0 aromatic heterocycles. The molecule has 0 radical (unpaired) electrons. The van der Waals surface area contributed by atoms with Crippen molar-refractivity contribution in [3.63, 3.8) is 0 Å². The number of likely N-dealkylation sites (tertiary alicyclic amines) is 1. The molecule has 0 bridgehead atoms. The van der Waals surface area contributed by atoms with Crippen LogP contribution in [0.3, 0.4) is 0 Å². The number of ether oxygens (including phenoxy) is 1. The number of carbonyl (C=O) groups is 1. The highest BCUT2D eigenvalue weighted by atomic mass is 19.4. The van der Waals surface area contributed by atoms with E-state index in [4.69, 9.17) is 4.74 Å². The highest BCUT2D eigenvalue weighted by molar-refractivity contribution is 5.76. The van der Waals surface area contributed by atoms with Crippen molar-refractivity contribution in [3.05, 3.63) is 29.8 Å². The molecule has 4 nitrogen and oxygen atoms in total. The second-order valence-electron chi connectivity index (χ2n) is 7.34. The number of carboxylic acids is 1. The van der Waals surface area contributed by atoms with Gasteiger partial charge in [-0.25, -0.2) is 0 Å². The molecule has 2 aliphatic rings. The van der Waals surface area contributed by atoms with Crippen LogP contribution in [0.5, 0.6) is 5.75 Å². The number of fused-ring (bicyclic) bond motifs is 1. The number of benzene rings is 1. The van der Waals surface area contributed by atoms with Gasteiger partial charge in [-0.3, -0.25) is 4.79 Å². The van der Waals surface area contributed by atoms with E-state index in [1.807, 2.05) is 0 Å². The molecule has 1 aliphatic heterocycles. The van der Waals surface area contributed by atoms with Gasteiger partial charge >= 0.3 is 12.1 Å². The Hall–Kier alpha value is -1.76. The third kappa shape index (κ3) is 3.82. The first-order chi connectivity index (χ1) is 12.3. The topological polar surface area (TPSA) is 49.8 Å². The lowest BCUT2D eigenvalue weighted by Gasteiger charge is -2.23. The average Bonchev–Trinajstić information content (AvgIpc) is 3.12. The van der Waals surface area contributed by atoms with E-state index in [1.165, 1.54) is 18.2 Å². The maximum Gasteiger partial charge on any atom is 0.419 e. The van der Waals surface area contributed by atoms with Crippen molar-refractivity contribution in [2.24, 2.45) is 11.3 Å². The van der Waals surface area contributed by atoms with Crippen LogP contribution in [-0.4, -0.2) is 42.2 Å². The van der Waals surface area contributed by atoms with Crippen LogP contribution in [0.1, 0.15) is 37.7 Å². The standard InChI is InChI=1S/C19H24F3NO3/c20-19(21,22)15-7-1-2-8-16(15)26-11-4-3-10-23-12-14-6-5-9-18(14,13-23)17(24)25/h1-2,7-8,14H,3-6,9-13H2,(H,24,25)/t14-,18+/m0/s1. The molecule has 1 heterocycles. The van der Waals surface area contributed by atoms with Gasteiger partial charge in [0.25, 0.3) is 0 Å². The fourth-order valence-electron chi connectivity index (χ4n) is 4.36. The minimum Gasteiger partial charge on any atom is -0.493 e. The van der Waals surface area contributed by atoms with E-state index >= 15 is 0 Å². The first-order valence-electron chi connectivity index (χ1n) is 9.08. The summed E-state index contributed by atoms with van der Waals surface area (Å²) in [4.78, 5) is 13.8. The molecule has 1 saturated carbocycles. The lowest BCUT2D eigenvalue weighted by molar-refractivity contribution is -0.149. The van der Waals surface area contributed by atoms with Crippen LogP contribution in [0, 0.1) is 11.3 Å². The zero-order valence-electron chi connectivity index (χ0n) is 14.6. The Balaban J connectivity index is 1.43. The minimum absolute atomic E-state index is 0.138. The summed E-state index contributed by atoms with van der Waals surface area (Å²) < 4.78 is 44.0. The molecule has 0 amide bonds. The average molecular weight is 371 g/mol. The second kappa shape index (κ2) is 7.47. The van der Waals surface area contributed by atoms with Crippen molar-refractivity contribution in [1.29, 1.82) is 0 Å². The second-order valence-corrected chi connectivity index (χ2v) is 7.34. The van der Waals surface area contributed by atoms with Gasteiger partial charge in [0.1, 0.15) is 5.75 Å². The molecule has 0 spiro atoms. The van der Waals surface area contributed by atoms with E-state index in [-0.39, 0.29) is 18.3 Å². The van der Waals surface area contributed by atoms with Crippen LogP contribution in [0.15, 0.2) is 24.3 Å². The summed E-state index contributed by atoms with van der Waals surface area (Å²) in [5.74, 6) is -0.593. The molecule has 3 rings (SSSR count). The predicted octanol–water partition coefficient (Wildman–Crippen LogP) is 4.05. The molecule has 0 unspecified atom stereocenters. The summed E-state index contributed by atoms with van der Waals surface area (Å²) in [7, 11) is 0. The van der Waals surface area contributed by atoms with E-state index in [1.54, 1.807) is 0 Å². The van der Waals surface area contributed by atoms with Gasteiger partial charge < -0.3 is 14.7 Å². The van der Waals surface area contributed by atoms with E-state index in [9.17, 15) is 23.1 Å². The summed E-state index contributed by atoms with van der Waals surface area (Å²) in [5.41, 5.74) is -1.34. The fraction of sp³-hybridized carbons (Fsp3) is 0.632. The largest absolute Gasteiger partial charge is 0.493 e. The number of nitrogens with zero attached hydrogens (tertiary/aromatic N) is 1. The molecule has 1 saturated heterocycles. The van der Waals surface area contributed by atoms with Crippen molar-refractivity contribution in [1.82, 2.24) is 4.90 Å². The van der Waals surface area contributed by atoms with Crippen LogP contribution in [-0.2, 0) is 11.0 Å². The van der Waals surface area contributed by atoms with Crippen LogP contribution < -0.4 is 4.74 Å². The van der Waals surface area contributed by atoms with Gasteiger partial charge in [-0.15, -0.1) is 0 Å². The third-order valence-corrected chi connectivity index (χ3v) is 5.69. The molecule has 1 aromatic rings. The Kier molecular flexibility index (Phi) is 5.46. The number of hydrogen-bond acceptors (Lipinski definition) is 3. The summed E-state index contributed by atoms with van der Waals surface area (Å²) >= 11 is 0. The van der Waals surface area contributed by atoms with Crippen molar-refractivity contribution in [3.8, 4) is 5.75 Å². The number of carboxylic acid groups (broad SMARTS) is 1. The number of alkyl halides is 3. The van der Waals surface area contributed by atoms with E-state index in [0.717, 1.165) is 44.8 Å². The van der Waals surface area contributed by atoms with Crippen LogP contribution >= 0.6 is 0 Å². The maximum atomic E-state index is 12.9. The van der Waals surface area contributed by atoms with Gasteiger partial charge in [0, 0.05) is 13.1 Å². The number of aliphatic carboxylic acids is 1. The monoisotopic (exact) mass is 371 g/mol. The third-order valence-electron chi connectivity index (χ3n) is 5.69. The molecule has 26 heavy (non-hydrogen) atoms. The summed E-state index contributed by atoms with van der Waals surface area (Å²) in [5, 5.41) is 9.58. The first-order valence-corrected chi connectivity index (χ1v) is 9.08. The molecule has 1 aromatic carbocycles. The molecular formula is C19H24F3NO3. The summed E-state index contributed by atoms with van der Waals surface area (Å²) in [6.07, 6.45) is -0.308. The lowest BCUT2D eigenvalue weighted by atomic mass is 9.81. The Labute approximate surface area is 150 Å². The smallest absolute Gasteiger partial charge is 0.419 e. The highest BCUT2D eigenvalue weighted by Crippen LogP contribution is 2.48.